The number of carbonyl (C=O) groups is 1. The Morgan fingerprint density at radius 2 is 1.84 bits per heavy atom. The van der Waals surface area contributed by atoms with Gasteiger partial charge in [0.15, 0.2) is 11.5 Å². The summed E-state index contributed by atoms with van der Waals surface area (Å²) in [5.41, 5.74) is 1.69. The second-order valence-electron chi connectivity index (χ2n) is 7.30. The molecule has 0 radical (unpaired) electrons. The molecular weight excluding hydrogens is 398 g/mol. The van der Waals surface area contributed by atoms with Crippen molar-refractivity contribution in [1.82, 2.24) is 15.0 Å². The zero-order valence-electron chi connectivity index (χ0n) is 17.8. The molecule has 1 aromatic heterocycles. The van der Waals surface area contributed by atoms with Crippen LogP contribution in [-0.2, 0) is 11.2 Å². The number of nitrogens with zero attached hydrogens (tertiary/aromatic N) is 3. The van der Waals surface area contributed by atoms with E-state index in [-0.39, 0.29) is 18.4 Å². The molecule has 0 N–H and O–H groups in total. The van der Waals surface area contributed by atoms with E-state index in [1.165, 1.54) is 0 Å². The van der Waals surface area contributed by atoms with Crippen LogP contribution in [0.1, 0.15) is 30.3 Å². The number of hydrogen-bond acceptors (Lipinski definition) is 7. The van der Waals surface area contributed by atoms with Gasteiger partial charge in [-0.1, -0.05) is 11.2 Å². The van der Waals surface area contributed by atoms with Crippen LogP contribution in [0.5, 0.6) is 17.2 Å². The lowest BCUT2D eigenvalue weighted by atomic mass is 10.1. The molecule has 162 valence electrons. The molecule has 1 saturated heterocycles. The number of carbonyl (C=O) groups excluding carboxylic acids is 1. The highest BCUT2D eigenvalue weighted by molar-refractivity contribution is 5.79. The predicted octanol–water partition coefficient (Wildman–Crippen LogP) is 3.67. The van der Waals surface area contributed by atoms with E-state index in [1.807, 2.05) is 47.4 Å². The van der Waals surface area contributed by atoms with Crippen molar-refractivity contribution in [3.8, 4) is 28.6 Å². The van der Waals surface area contributed by atoms with Crippen LogP contribution in [0, 0.1) is 0 Å². The van der Waals surface area contributed by atoms with Crippen molar-refractivity contribution in [3.05, 3.63) is 53.9 Å². The molecule has 0 saturated carbocycles. The summed E-state index contributed by atoms with van der Waals surface area (Å²) in [5.74, 6) is 2.97. The first-order valence-corrected chi connectivity index (χ1v) is 10.1. The predicted molar refractivity (Wildman–Crippen MR) is 113 cm³/mol. The van der Waals surface area contributed by atoms with Crippen molar-refractivity contribution < 1.29 is 23.5 Å². The molecule has 1 fully saturated rings. The Kier molecular flexibility index (Phi) is 6.06. The highest BCUT2D eigenvalue weighted by Crippen LogP contribution is 2.33. The number of ether oxygens (including phenoxy) is 3. The Bertz CT molecular complexity index is 1050. The summed E-state index contributed by atoms with van der Waals surface area (Å²) >= 11 is 0. The fourth-order valence-corrected chi connectivity index (χ4v) is 3.82. The molecule has 8 nitrogen and oxygen atoms in total. The van der Waals surface area contributed by atoms with E-state index in [0.717, 1.165) is 29.7 Å². The molecule has 2 heterocycles. The Balaban J connectivity index is 1.49. The zero-order chi connectivity index (χ0) is 21.8. The van der Waals surface area contributed by atoms with E-state index in [2.05, 4.69) is 10.1 Å². The van der Waals surface area contributed by atoms with Crippen molar-refractivity contribution in [2.75, 3.05) is 27.9 Å². The van der Waals surface area contributed by atoms with Gasteiger partial charge in [-0.15, -0.1) is 0 Å². The number of likely N-dealkylation sites (tertiary alicyclic amines) is 1. The molecule has 1 aliphatic heterocycles. The number of benzene rings is 2. The molecule has 1 aliphatic rings. The number of aromatic nitrogens is 2. The van der Waals surface area contributed by atoms with Gasteiger partial charge < -0.3 is 23.6 Å². The van der Waals surface area contributed by atoms with Crippen LogP contribution < -0.4 is 14.2 Å². The lowest BCUT2D eigenvalue weighted by molar-refractivity contribution is -0.131. The minimum Gasteiger partial charge on any atom is -0.497 e. The van der Waals surface area contributed by atoms with Crippen LogP contribution in [0.3, 0.4) is 0 Å². The largest absolute Gasteiger partial charge is 0.497 e. The summed E-state index contributed by atoms with van der Waals surface area (Å²) in [7, 11) is 4.78. The van der Waals surface area contributed by atoms with Gasteiger partial charge in [-0.3, -0.25) is 4.79 Å². The Morgan fingerprint density at radius 1 is 1.06 bits per heavy atom. The van der Waals surface area contributed by atoms with E-state index in [4.69, 9.17) is 18.7 Å². The van der Waals surface area contributed by atoms with Crippen LogP contribution in [0.2, 0.25) is 0 Å². The first-order valence-electron chi connectivity index (χ1n) is 10.1. The summed E-state index contributed by atoms with van der Waals surface area (Å²) in [6.07, 6.45) is 1.95. The minimum atomic E-state index is -0.216. The SMILES string of the molecule is COc1ccc(-c2noc(C3CCCN3C(=O)Cc3ccc(OC)c(OC)c3)n2)cc1. The van der Waals surface area contributed by atoms with Gasteiger partial charge in [-0.25, -0.2) is 0 Å². The molecule has 2 aromatic carbocycles. The maximum absolute atomic E-state index is 13.1. The molecule has 1 unspecified atom stereocenters. The second-order valence-corrected chi connectivity index (χ2v) is 7.30. The average Bonchev–Trinajstić information content (AvgIpc) is 3.48. The van der Waals surface area contributed by atoms with Crippen LogP contribution in [-0.4, -0.2) is 48.8 Å². The monoisotopic (exact) mass is 423 g/mol. The van der Waals surface area contributed by atoms with Gasteiger partial charge in [-0.2, -0.15) is 4.98 Å². The third kappa shape index (κ3) is 4.33. The van der Waals surface area contributed by atoms with Gasteiger partial charge in [0, 0.05) is 12.1 Å². The van der Waals surface area contributed by atoms with Gasteiger partial charge >= 0.3 is 0 Å². The summed E-state index contributed by atoms with van der Waals surface area (Å²) in [6, 6.07) is 12.7. The molecule has 0 bridgehead atoms. The van der Waals surface area contributed by atoms with Gasteiger partial charge in [0.25, 0.3) is 0 Å². The van der Waals surface area contributed by atoms with E-state index >= 15 is 0 Å². The van der Waals surface area contributed by atoms with E-state index in [1.54, 1.807) is 21.3 Å². The fourth-order valence-electron chi connectivity index (χ4n) is 3.82. The molecule has 4 rings (SSSR count). The lowest BCUT2D eigenvalue weighted by Gasteiger charge is -2.22. The molecule has 31 heavy (non-hydrogen) atoms. The van der Waals surface area contributed by atoms with Crippen LogP contribution >= 0.6 is 0 Å². The molecular formula is C23H25N3O5. The van der Waals surface area contributed by atoms with Crippen molar-refractivity contribution in [3.63, 3.8) is 0 Å². The third-order valence-corrected chi connectivity index (χ3v) is 5.45. The summed E-state index contributed by atoms with van der Waals surface area (Å²) in [6.45, 7) is 0.664. The van der Waals surface area contributed by atoms with Crippen molar-refractivity contribution in [1.29, 1.82) is 0 Å². The second kappa shape index (κ2) is 9.07. The molecule has 8 heteroatoms. The standard InChI is InChI=1S/C23H25N3O5/c1-28-17-9-7-16(8-10-17)22-24-23(31-25-22)18-5-4-12-26(18)21(27)14-15-6-11-19(29-2)20(13-15)30-3/h6-11,13,18H,4-5,12,14H2,1-3H3. The maximum atomic E-state index is 13.1. The molecule has 1 amide bonds. The van der Waals surface area contributed by atoms with E-state index in [9.17, 15) is 4.79 Å². The average molecular weight is 423 g/mol. The minimum absolute atomic E-state index is 0.0129. The lowest BCUT2D eigenvalue weighted by Crippen LogP contribution is -2.32. The summed E-state index contributed by atoms with van der Waals surface area (Å²) < 4.78 is 21.3. The number of hydrogen-bond donors (Lipinski definition) is 0. The van der Waals surface area contributed by atoms with Gasteiger partial charge in [0.2, 0.25) is 17.6 Å². The van der Waals surface area contributed by atoms with Crippen LogP contribution in [0.15, 0.2) is 47.0 Å². The van der Waals surface area contributed by atoms with Crippen molar-refractivity contribution >= 4 is 5.91 Å². The van der Waals surface area contributed by atoms with Gasteiger partial charge in [-0.05, 0) is 54.8 Å². The molecule has 0 aliphatic carbocycles. The van der Waals surface area contributed by atoms with Gasteiger partial charge in [0.1, 0.15) is 11.8 Å². The first-order chi connectivity index (χ1) is 15.1. The highest BCUT2D eigenvalue weighted by Gasteiger charge is 2.34. The quantitative estimate of drug-likeness (QED) is 0.573. The Morgan fingerprint density at radius 3 is 2.55 bits per heavy atom. The Labute approximate surface area is 180 Å². The van der Waals surface area contributed by atoms with Crippen molar-refractivity contribution in [2.45, 2.75) is 25.3 Å². The van der Waals surface area contributed by atoms with E-state index < -0.39 is 0 Å². The summed E-state index contributed by atoms with van der Waals surface area (Å²) in [4.78, 5) is 19.4. The molecule has 0 spiro atoms. The first kappa shape index (κ1) is 20.7. The number of methoxy groups -OCH3 is 3. The molecule has 3 aromatic rings. The fraction of sp³-hybridized carbons (Fsp3) is 0.348. The number of amides is 1. The highest BCUT2D eigenvalue weighted by atomic mass is 16.5. The normalized spacial score (nSPS) is 15.7. The van der Waals surface area contributed by atoms with E-state index in [0.29, 0.717) is 29.8 Å². The Hall–Kier alpha value is -3.55. The number of rotatable bonds is 7. The zero-order valence-corrected chi connectivity index (χ0v) is 17.8. The summed E-state index contributed by atoms with van der Waals surface area (Å²) in [5, 5.41) is 4.11. The van der Waals surface area contributed by atoms with Crippen LogP contribution in [0.25, 0.3) is 11.4 Å². The topological polar surface area (TPSA) is 86.9 Å². The smallest absolute Gasteiger partial charge is 0.249 e. The third-order valence-electron chi connectivity index (χ3n) is 5.45. The van der Waals surface area contributed by atoms with Gasteiger partial charge in [0.05, 0.1) is 27.8 Å². The van der Waals surface area contributed by atoms with Crippen LogP contribution in [0.4, 0.5) is 0 Å². The van der Waals surface area contributed by atoms with Crippen molar-refractivity contribution in [2.24, 2.45) is 0 Å². The maximum Gasteiger partial charge on any atom is 0.249 e. The molecule has 1 atom stereocenters.